The largest absolute Gasteiger partial charge is 0.361 e. The summed E-state index contributed by atoms with van der Waals surface area (Å²) in [6.07, 6.45) is 3.86. The highest BCUT2D eigenvalue weighted by Crippen LogP contribution is 2.33. The highest BCUT2D eigenvalue weighted by molar-refractivity contribution is 7.00. The van der Waals surface area contributed by atoms with Gasteiger partial charge in [-0.05, 0) is 36.4 Å². The summed E-state index contributed by atoms with van der Waals surface area (Å²) in [6.45, 7) is 0. The first-order chi connectivity index (χ1) is 9.42. The highest BCUT2D eigenvalue weighted by Gasteiger charge is 2.12. The van der Waals surface area contributed by atoms with E-state index in [0.29, 0.717) is 0 Å². The van der Waals surface area contributed by atoms with E-state index in [4.69, 9.17) is 0 Å². The predicted octanol–water partition coefficient (Wildman–Crippen LogP) is 3.68. The number of benzene rings is 1. The van der Waals surface area contributed by atoms with Gasteiger partial charge in [0.2, 0.25) is 0 Å². The van der Waals surface area contributed by atoms with Gasteiger partial charge in [0, 0.05) is 34.9 Å². The van der Waals surface area contributed by atoms with Crippen LogP contribution in [-0.2, 0) is 0 Å². The first-order valence-corrected chi connectivity index (χ1v) is 6.69. The summed E-state index contributed by atoms with van der Waals surface area (Å²) < 4.78 is 8.64. The summed E-state index contributed by atoms with van der Waals surface area (Å²) >= 11 is 1.24. The van der Waals surface area contributed by atoms with Gasteiger partial charge in [-0.2, -0.15) is 8.75 Å². The Labute approximate surface area is 113 Å². The zero-order valence-corrected chi connectivity index (χ0v) is 10.7. The molecule has 0 radical (unpaired) electrons. The van der Waals surface area contributed by atoms with E-state index < -0.39 is 0 Å². The van der Waals surface area contributed by atoms with Gasteiger partial charge < -0.3 is 9.97 Å². The van der Waals surface area contributed by atoms with Crippen molar-refractivity contribution in [3.63, 3.8) is 0 Å². The van der Waals surface area contributed by atoms with E-state index >= 15 is 0 Å². The van der Waals surface area contributed by atoms with Crippen molar-refractivity contribution in [3.8, 4) is 22.5 Å². The Balaban J connectivity index is 2.06. The summed E-state index contributed by atoms with van der Waals surface area (Å²) in [6, 6.07) is 12.3. The summed E-state index contributed by atoms with van der Waals surface area (Å²) in [7, 11) is 0. The molecule has 3 heterocycles. The smallest absolute Gasteiger partial charge is 0.105 e. The van der Waals surface area contributed by atoms with Crippen LogP contribution in [0.4, 0.5) is 0 Å². The van der Waals surface area contributed by atoms with Crippen LogP contribution in [-0.4, -0.2) is 18.7 Å². The van der Waals surface area contributed by atoms with Gasteiger partial charge in [0.25, 0.3) is 0 Å². The molecule has 4 nitrogen and oxygen atoms in total. The maximum absolute atomic E-state index is 4.32. The lowest BCUT2D eigenvalue weighted by Crippen LogP contribution is -1.86. The summed E-state index contributed by atoms with van der Waals surface area (Å²) in [5, 5.41) is 0. The third-order valence-electron chi connectivity index (χ3n) is 3.17. The lowest BCUT2D eigenvalue weighted by molar-refractivity contribution is 1.37. The Hall–Kier alpha value is -2.40. The van der Waals surface area contributed by atoms with Crippen molar-refractivity contribution in [1.82, 2.24) is 18.7 Å². The average molecular weight is 266 g/mol. The highest BCUT2D eigenvalue weighted by atomic mass is 32.1. The number of hydrogen-bond donors (Lipinski definition) is 2. The molecule has 19 heavy (non-hydrogen) atoms. The Morgan fingerprint density at radius 3 is 1.74 bits per heavy atom. The van der Waals surface area contributed by atoms with Gasteiger partial charge in [0.15, 0.2) is 0 Å². The molecule has 2 N–H and O–H groups in total. The van der Waals surface area contributed by atoms with Crippen LogP contribution < -0.4 is 0 Å². The first kappa shape index (κ1) is 10.5. The molecule has 0 aliphatic carbocycles. The first-order valence-electron chi connectivity index (χ1n) is 5.96. The van der Waals surface area contributed by atoms with Crippen molar-refractivity contribution in [1.29, 1.82) is 0 Å². The van der Waals surface area contributed by atoms with Crippen LogP contribution in [0, 0.1) is 0 Å². The second-order valence-electron chi connectivity index (χ2n) is 4.32. The maximum Gasteiger partial charge on any atom is 0.105 e. The van der Waals surface area contributed by atoms with Crippen LogP contribution in [0.3, 0.4) is 0 Å². The molecule has 3 aromatic heterocycles. The number of nitrogens with one attached hydrogen (secondary N) is 2. The quantitative estimate of drug-likeness (QED) is 0.581. The van der Waals surface area contributed by atoms with E-state index in [1.165, 1.54) is 11.7 Å². The van der Waals surface area contributed by atoms with Gasteiger partial charge in [-0.25, -0.2) is 0 Å². The minimum absolute atomic E-state index is 0.935. The fourth-order valence-corrected chi connectivity index (χ4v) is 2.78. The molecule has 0 aliphatic heterocycles. The molecule has 0 bridgehead atoms. The molecule has 0 aliphatic rings. The number of rotatable bonds is 2. The van der Waals surface area contributed by atoms with Crippen LogP contribution in [0.15, 0.2) is 48.8 Å². The normalized spacial score (nSPS) is 11.2. The Morgan fingerprint density at radius 1 is 0.789 bits per heavy atom. The van der Waals surface area contributed by atoms with Crippen LogP contribution in [0.2, 0.25) is 0 Å². The lowest BCUT2D eigenvalue weighted by Gasteiger charge is -2.07. The second-order valence-corrected chi connectivity index (χ2v) is 4.85. The molecule has 4 aromatic rings. The Morgan fingerprint density at radius 2 is 1.32 bits per heavy atom. The maximum atomic E-state index is 4.32. The minimum Gasteiger partial charge on any atom is -0.361 e. The summed E-state index contributed by atoms with van der Waals surface area (Å²) in [5.74, 6) is 0. The van der Waals surface area contributed by atoms with E-state index in [1.807, 2.05) is 24.5 Å². The molecule has 0 unspecified atom stereocenters. The van der Waals surface area contributed by atoms with Crippen LogP contribution in [0.1, 0.15) is 0 Å². The SMILES string of the molecule is c1c[nH]c(-c2cc3nsnc3cc2-c2ccc[nH]2)c1. The van der Waals surface area contributed by atoms with Gasteiger partial charge in [0.1, 0.15) is 11.0 Å². The third-order valence-corrected chi connectivity index (χ3v) is 3.73. The fraction of sp³-hybridized carbons (Fsp3) is 0. The Bertz CT molecular complexity index is 744. The molecule has 0 saturated carbocycles. The van der Waals surface area contributed by atoms with Crippen molar-refractivity contribution in [3.05, 3.63) is 48.8 Å². The third kappa shape index (κ3) is 1.67. The summed E-state index contributed by atoms with van der Waals surface area (Å²) in [4.78, 5) is 6.51. The van der Waals surface area contributed by atoms with Gasteiger partial charge >= 0.3 is 0 Å². The molecular formula is C14H10N4S. The molecule has 4 rings (SSSR count). The number of aromatic amines is 2. The van der Waals surface area contributed by atoms with Gasteiger partial charge in [-0.15, -0.1) is 0 Å². The zero-order valence-electron chi connectivity index (χ0n) is 9.92. The number of nitrogens with zero attached hydrogens (tertiary/aromatic N) is 2. The van der Waals surface area contributed by atoms with Gasteiger partial charge in [-0.1, -0.05) is 0 Å². The summed E-state index contributed by atoms with van der Waals surface area (Å²) in [5.41, 5.74) is 6.30. The van der Waals surface area contributed by atoms with E-state index in [9.17, 15) is 0 Å². The molecule has 5 heteroatoms. The molecule has 0 atom stereocenters. The number of H-pyrrole nitrogens is 2. The van der Waals surface area contributed by atoms with E-state index in [2.05, 4.69) is 43.0 Å². The van der Waals surface area contributed by atoms with Crippen molar-refractivity contribution in [2.75, 3.05) is 0 Å². The fourth-order valence-electron chi connectivity index (χ4n) is 2.27. The van der Waals surface area contributed by atoms with Crippen LogP contribution in [0.5, 0.6) is 0 Å². The topological polar surface area (TPSA) is 57.4 Å². The van der Waals surface area contributed by atoms with Crippen molar-refractivity contribution in [2.45, 2.75) is 0 Å². The monoisotopic (exact) mass is 266 g/mol. The lowest BCUT2D eigenvalue weighted by atomic mass is 10.0. The van der Waals surface area contributed by atoms with Gasteiger partial charge in [0.05, 0.1) is 11.7 Å². The number of aromatic nitrogens is 4. The molecule has 0 amide bonds. The molecule has 0 saturated heterocycles. The second kappa shape index (κ2) is 4.07. The van der Waals surface area contributed by atoms with Crippen LogP contribution in [0.25, 0.3) is 33.5 Å². The standard InChI is InChI=1S/C14H10N4S/c1-3-11(15-5-1)9-7-13-14(18-19-17-13)8-10(9)12-4-2-6-16-12/h1-8,15-16H. The van der Waals surface area contributed by atoms with E-state index in [1.54, 1.807) is 0 Å². The van der Waals surface area contributed by atoms with E-state index in [-0.39, 0.29) is 0 Å². The Kier molecular flexibility index (Phi) is 2.25. The van der Waals surface area contributed by atoms with Crippen molar-refractivity contribution in [2.24, 2.45) is 0 Å². The molecule has 1 aromatic carbocycles. The minimum atomic E-state index is 0.935. The molecule has 0 fully saturated rings. The van der Waals surface area contributed by atoms with E-state index in [0.717, 1.165) is 33.5 Å². The number of hydrogen-bond acceptors (Lipinski definition) is 3. The molecular weight excluding hydrogens is 256 g/mol. The molecule has 92 valence electrons. The predicted molar refractivity (Wildman–Crippen MR) is 77.0 cm³/mol. The van der Waals surface area contributed by atoms with Crippen molar-refractivity contribution >= 4 is 22.8 Å². The number of fused-ring (bicyclic) bond motifs is 1. The van der Waals surface area contributed by atoms with Crippen LogP contribution >= 0.6 is 11.7 Å². The van der Waals surface area contributed by atoms with Crippen molar-refractivity contribution < 1.29 is 0 Å². The zero-order chi connectivity index (χ0) is 12.7. The molecule has 0 spiro atoms. The van der Waals surface area contributed by atoms with Gasteiger partial charge in [-0.3, -0.25) is 0 Å². The average Bonchev–Trinajstić information content (AvgIpc) is 3.18.